The minimum absolute atomic E-state index is 0.689. The van der Waals surface area contributed by atoms with Crippen LogP contribution < -0.4 is 9.64 Å². The van der Waals surface area contributed by atoms with Gasteiger partial charge in [-0.15, -0.1) is 23.1 Å². The van der Waals surface area contributed by atoms with Gasteiger partial charge in [-0.3, -0.25) is 4.90 Å². The first kappa shape index (κ1) is 20.9. The van der Waals surface area contributed by atoms with E-state index in [4.69, 9.17) is 16.3 Å². The van der Waals surface area contributed by atoms with Crippen LogP contribution in [0.25, 0.3) is 10.1 Å². The second kappa shape index (κ2) is 10.1. The zero-order valence-electron chi connectivity index (χ0n) is 16.8. The highest BCUT2D eigenvalue weighted by Gasteiger charge is 2.18. The third kappa shape index (κ3) is 5.02. The van der Waals surface area contributed by atoms with Gasteiger partial charge in [0.15, 0.2) is 5.75 Å². The number of para-hydroxylation sites is 1. The quantitative estimate of drug-likeness (QED) is 0.299. The number of thioether (sulfide) groups is 1. The number of nitrogens with zero attached hydrogens (tertiary/aromatic N) is 2. The molecule has 29 heavy (non-hydrogen) atoms. The van der Waals surface area contributed by atoms with Crippen LogP contribution in [0, 0.1) is 0 Å². The van der Waals surface area contributed by atoms with Crippen molar-refractivity contribution in [3.63, 3.8) is 0 Å². The largest absolute Gasteiger partial charge is 0.494 e. The molecular weight excluding hydrogens is 420 g/mol. The van der Waals surface area contributed by atoms with Crippen LogP contribution in [0.3, 0.4) is 0 Å². The average molecular weight is 447 g/mol. The predicted molar refractivity (Wildman–Crippen MR) is 128 cm³/mol. The van der Waals surface area contributed by atoms with Crippen LogP contribution in [0.2, 0.25) is 5.02 Å². The fourth-order valence-electron chi connectivity index (χ4n) is 3.86. The number of rotatable bonds is 8. The van der Waals surface area contributed by atoms with Crippen LogP contribution in [0.5, 0.6) is 5.75 Å². The van der Waals surface area contributed by atoms with Gasteiger partial charge in [0.2, 0.25) is 0 Å². The molecule has 0 aliphatic carbocycles. The van der Waals surface area contributed by atoms with Crippen molar-refractivity contribution in [1.82, 2.24) is 4.90 Å². The molecule has 1 aliphatic rings. The lowest BCUT2D eigenvalue weighted by Crippen LogP contribution is -2.46. The Morgan fingerprint density at radius 2 is 1.86 bits per heavy atom. The fraction of sp³-hybridized carbons (Fsp3) is 0.391. The number of ether oxygens (including phenoxy) is 1. The summed E-state index contributed by atoms with van der Waals surface area (Å²) in [7, 11) is 1.68. The minimum atomic E-state index is 0.689. The van der Waals surface area contributed by atoms with Crippen molar-refractivity contribution in [2.24, 2.45) is 0 Å². The molecule has 0 N–H and O–H groups in total. The summed E-state index contributed by atoms with van der Waals surface area (Å²) < 4.78 is 6.86. The number of piperazine rings is 1. The van der Waals surface area contributed by atoms with E-state index in [1.807, 2.05) is 35.2 Å². The summed E-state index contributed by atoms with van der Waals surface area (Å²) in [5.74, 6) is 1.90. The smallest absolute Gasteiger partial charge is 0.150 e. The summed E-state index contributed by atoms with van der Waals surface area (Å²) >= 11 is 9.90. The summed E-state index contributed by atoms with van der Waals surface area (Å²) in [6.45, 7) is 5.72. The maximum absolute atomic E-state index is 6.20. The SMILES string of the molecule is COc1c(Cl)cccc1SCCCCN1CCN(c2cccc3ccsc23)CC1. The van der Waals surface area contributed by atoms with Crippen LogP contribution in [0.1, 0.15) is 12.8 Å². The number of methoxy groups -OCH3 is 1. The summed E-state index contributed by atoms with van der Waals surface area (Å²) in [5.41, 5.74) is 1.41. The summed E-state index contributed by atoms with van der Waals surface area (Å²) in [4.78, 5) is 6.29. The van der Waals surface area contributed by atoms with Crippen LogP contribution in [0.4, 0.5) is 5.69 Å². The first-order valence-corrected chi connectivity index (χ1v) is 12.4. The van der Waals surface area contributed by atoms with Crippen LogP contribution in [-0.4, -0.2) is 50.5 Å². The molecule has 154 valence electrons. The summed E-state index contributed by atoms with van der Waals surface area (Å²) in [5, 5.41) is 4.25. The molecule has 0 unspecified atom stereocenters. The Morgan fingerprint density at radius 3 is 2.69 bits per heavy atom. The number of hydrogen-bond donors (Lipinski definition) is 0. The molecule has 4 rings (SSSR count). The van der Waals surface area contributed by atoms with E-state index in [1.54, 1.807) is 7.11 Å². The molecule has 1 aromatic heterocycles. The number of unbranched alkanes of at least 4 members (excludes halogenated alkanes) is 1. The lowest BCUT2D eigenvalue weighted by Gasteiger charge is -2.36. The normalized spacial score (nSPS) is 15.2. The molecule has 0 spiro atoms. The first-order chi connectivity index (χ1) is 14.3. The van der Waals surface area contributed by atoms with E-state index in [2.05, 4.69) is 45.5 Å². The Kier molecular flexibility index (Phi) is 7.24. The molecule has 1 fully saturated rings. The predicted octanol–water partition coefficient (Wildman–Crippen LogP) is 6.26. The van der Waals surface area contributed by atoms with Gasteiger partial charge in [0.25, 0.3) is 0 Å². The molecule has 1 aliphatic heterocycles. The second-order valence-corrected chi connectivity index (χ2v) is 9.73. The molecule has 0 bridgehead atoms. The number of halogens is 1. The van der Waals surface area contributed by atoms with Crippen molar-refractivity contribution < 1.29 is 4.74 Å². The number of fused-ring (bicyclic) bond motifs is 1. The summed E-state index contributed by atoms with van der Waals surface area (Å²) in [6, 6.07) is 14.8. The van der Waals surface area contributed by atoms with Gasteiger partial charge in [-0.2, -0.15) is 0 Å². The van der Waals surface area contributed by atoms with E-state index in [-0.39, 0.29) is 0 Å². The van der Waals surface area contributed by atoms with E-state index in [0.29, 0.717) is 5.02 Å². The van der Waals surface area contributed by atoms with Crippen molar-refractivity contribution in [2.75, 3.05) is 50.5 Å². The Labute approximate surface area is 186 Å². The molecule has 0 radical (unpaired) electrons. The average Bonchev–Trinajstić information content (AvgIpc) is 3.23. The van der Waals surface area contributed by atoms with E-state index in [1.165, 1.54) is 35.2 Å². The van der Waals surface area contributed by atoms with Crippen LogP contribution in [-0.2, 0) is 0 Å². The summed E-state index contributed by atoms with van der Waals surface area (Å²) in [6.07, 6.45) is 2.44. The molecule has 2 aromatic carbocycles. The van der Waals surface area contributed by atoms with Gasteiger partial charge in [-0.1, -0.05) is 29.8 Å². The highest BCUT2D eigenvalue weighted by molar-refractivity contribution is 7.99. The van der Waals surface area contributed by atoms with Gasteiger partial charge in [-0.05, 0) is 60.2 Å². The molecule has 0 saturated carbocycles. The molecule has 3 aromatic rings. The second-order valence-electron chi connectivity index (χ2n) is 7.27. The van der Waals surface area contributed by atoms with E-state index in [9.17, 15) is 0 Å². The first-order valence-electron chi connectivity index (χ1n) is 10.1. The number of hydrogen-bond acceptors (Lipinski definition) is 5. The lowest BCUT2D eigenvalue weighted by atomic mass is 10.2. The molecule has 3 nitrogen and oxygen atoms in total. The third-order valence-electron chi connectivity index (χ3n) is 5.43. The Bertz CT molecular complexity index is 938. The van der Waals surface area contributed by atoms with Gasteiger partial charge in [0.05, 0.1) is 27.4 Å². The Balaban J connectivity index is 1.19. The molecule has 6 heteroatoms. The molecule has 2 heterocycles. The van der Waals surface area contributed by atoms with Crippen molar-refractivity contribution in [3.05, 3.63) is 52.9 Å². The molecule has 0 atom stereocenters. The van der Waals surface area contributed by atoms with Crippen molar-refractivity contribution >= 4 is 50.5 Å². The van der Waals surface area contributed by atoms with Gasteiger partial charge in [0.1, 0.15) is 0 Å². The molecule has 0 amide bonds. The van der Waals surface area contributed by atoms with Crippen molar-refractivity contribution in [1.29, 1.82) is 0 Å². The maximum atomic E-state index is 6.20. The Hall–Kier alpha value is -1.40. The topological polar surface area (TPSA) is 15.7 Å². The van der Waals surface area contributed by atoms with Gasteiger partial charge >= 0.3 is 0 Å². The van der Waals surface area contributed by atoms with Gasteiger partial charge in [-0.25, -0.2) is 0 Å². The maximum Gasteiger partial charge on any atom is 0.150 e. The van der Waals surface area contributed by atoms with Gasteiger partial charge in [0, 0.05) is 26.2 Å². The monoisotopic (exact) mass is 446 g/mol. The molecule has 1 saturated heterocycles. The van der Waals surface area contributed by atoms with Crippen LogP contribution in [0.15, 0.2) is 52.7 Å². The fourth-order valence-corrected chi connectivity index (χ4v) is 6.18. The van der Waals surface area contributed by atoms with Crippen molar-refractivity contribution in [2.45, 2.75) is 17.7 Å². The van der Waals surface area contributed by atoms with E-state index >= 15 is 0 Å². The zero-order chi connectivity index (χ0) is 20.1. The number of benzene rings is 2. The number of anilines is 1. The lowest BCUT2D eigenvalue weighted by molar-refractivity contribution is 0.254. The number of thiophene rings is 1. The van der Waals surface area contributed by atoms with E-state index < -0.39 is 0 Å². The highest BCUT2D eigenvalue weighted by atomic mass is 35.5. The molecular formula is C23H27ClN2OS2. The Morgan fingerprint density at radius 1 is 1.03 bits per heavy atom. The standard InChI is InChI=1S/C23H27ClN2OS2/c1-27-22-19(24)7-5-9-21(22)28-16-3-2-11-25-12-14-26(15-13-25)20-8-4-6-18-10-17-29-23(18)20/h4-10,17H,2-3,11-16H2,1H3. The highest BCUT2D eigenvalue weighted by Crippen LogP contribution is 2.36. The zero-order valence-corrected chi connectivity index (χ0v) is 19.2. The van der Waals surface area contributed by atoms with E-state index in [0.717, 1.165) is 42.6 Å². The minimum Gasteiger partial charge on any atom is -0.494 e. The third-order valence-corrected chi connectivity index (χ3v) is 7.81. The van der Waals surface area contributed by atoms with Gasteiger partial charge < -0.3 is 9.64 Å². The van der Waals surface area contributed by atoms with Crippen LogP contribution >= 0.6 is 34.7 Å². The van der Waals surface area contributed by atoms with Crippen molar-refractivity contribution in [3.8, 4) is 5.75 Å².